The van der Waals surface area contributed by atoms with E-state index in [-0.39, 0.29) is 67.9 Å². The number of nitrogens with one attached hydrogen (secondary N) is 2. The molecule has 0 saturated carbocycles. The number of methoxy groups -OCH3 is 3. The molecule has 5 amide bonds. The van der Waals surface area contributed by atoms with Crippen molar-refractivity contribution in [2.24, 2.45) is 11.8 Å². The minimum absolute atomic E-state index is 0.0503. The highest BCUT2D eigenvalue weighted by molar-refractivity contribution is 5.81. The SMILES string of the molecule is CCC.CCC(C)C(C(CC(=O)N1CCCC1C(OC)C(C)C(=O)NCCO)OC)N(C)C(=O)CNC=O.CCN(C)C(=O)OC.Cc1ccccc1. The third kappa shape index (κ3) is 19.8. The number of amides is 5. The second kappa shape index (κ2) is 30.7. The number of hydrogen-bond donors (Lipinski definition) is 3. The van der Waals surface area contributed by atoms with Gasteiger partial charge in [0.2, 0.25) is 24.1 Å². The summed E-state index contributed by atoms with van der Waals surface area (Å²) in [4.78, 5) is 64.4. The van der Waals surface area contributed by atoms with Gasteiger partial charge in [0.25, 0.3) is 0 Å². The zero-order chi connectivity index (χ0) is 40.9. The number of aliphatic hydroxyl groups excluding tert-OH is 1. The first-order chi connectivity index (χ1) is 25.2. The highest BCUT2D eigenvalue weighted by Crippen LogP contribution is 2.29. The number of hydrogen-bond acceptors (Lipinski definition) is 9. The van der Waals surface area contributed by atoms with Gasteiger partial charge in [-0.1, -0.05) is 83.4 Å². The van der Waals surface area contributed by atoms with Crippen molar-refractivity contribution in [3.8, 4) is 0 Å². The molecule has 1 aliphatic heterocycles. The Morgan fingerprint density at radius 3 is 2.04 bits per heavy atom. The molecule has 6 atom stereocenters. The van der Waals surface area contributed by atoms with Crippen molar-refractivity contribution in [2.75, 3.05) is 68.2 Å². The fourth-order valence-electron chi connectivity index (χ4n) is 5.74. The summed E-state index contributed by atoms with van der Waals surface area (Å²) in [6, 6.07) is 9.63. The molecule has 0 spiro atoms. The molecule has 0 bridgehead atoms. The molecule has 14 nitrogen and oxygen atoms in total. The molecule has 53 heavy (non-hydrogen) atoms. The maximum absolute atomic E-state index is 13.5. The van der Waals surface area contributed by atoms with E-state index in [2.05, 4.69) is 48.3 Å². The van der Waals surface area contributed by atoms with Gasteiger partial charge in [0.1, 0.15) is 0 Å². The van der Waals surface area contributed by atoms with Crippen molar-refractivity contribution in [1.29, 1.82) is 0 Å². The van der Waals surface area contributed by atoms with Crippen LogP contribution in [0.25, 0.3) is 0 Å². The lowest BCUT2D eigenvalue weighted by molar-refractivity contribution is -0.145. The topological polar surface area (TPSA) is 167 Å². The summed E-state index contributed by atoms with van der Waals surface area (Å²) >= 11 is 0. The number of aliphatic hydroxyl groups is 1. The third-order valence-electron chi connectivity index (χ3n) is 8.95. The lowest BCUT2D eigenvalue weighted by Gasteiger charge is -2.39. The summed E-state index contributed by atoms with van der Waals surface area (Å²) in [6.45, 7) is 15.1. The van der Waals surface area contributed by atoms with E-state index in [9.17, 15) is 24.0 Å². The molecule has 306 valence electrons. The van der Waals surface area contributed by atoms with E-state index in [1.807, 2.05) is 39.0 Å². The average Bonchev–Trinajstić information content (AvgIpc) is 3.65. The maximum Gasteiger partial charge on any atom is 0.409 e. The number of likely N-dealkylation sites (tertiary alicyclic amines) is 1. The normalized spacial score (nSPS) is 15.9. The molecule has 1 fully saturated rings. The van der Waals surface area contributed by atoms with Crippen LogP contribution in [0, 0.1) is 18.8 Å². The number of nitrogens with zero attached hydrogens (tertiary/aromatic N) is 3. The molecule has 14 heteroatoms. The molecule has 1 saturated heterocycles. The van der Waals surface area contributed by atoms with Gasteiger partial charge in [0.05, 0.1) is 56.9 Å². The van der Waals surface area contributed by atoms with Gasteiger partial charge in [-0.2, -0.15) is 0 Å². The van der Waals surface area contributed by atoms with Crippen molar-refractivity contribution in [3.63, 3.8) is 0 Å². The molecule has 3 N–H and O–H groups in total. The molecule has 1 aliphatic rings. The average molecular weight is 754 g/mol. The van der Waals surface area contributed by atoms with E-state index in [1.165, 1.54) is 38.2 Å². The Balaban J connectivity index is 0. The second-order valence-corrected chi connectivity index (χ2v) is 13.0. The van der Waals surface area contributed by atoms with Crippen molar-refractivity contribution < 1.29 is 43.3 Å². The van der Waals surface area contributed by atoms with E-state index in [4.69, 9.17) is 14.6 Å². The quantitative estimate of drug-likeness (QED) is 0.200. The van der Waals surface area contributed by atoms with Crippen LogP contribution in [-0.2, 0) is 33.4 Å². The molecule has 0 aromatic heterocycles. The Bertz CT molecular complexity index is 1140. The van der Waals surface area contributed by atoms with E-state index >= 15 is 0 Å². The monoisotopic (exact) mass is 754 g/mol. The van der Waals surface area contributed by atoms with Gasteiger partial charge in [-0.05, 0) is 32.6 Å². The minimum Gasteiger partial charge on any atom is -0.453 e. The molecule has 6 unspecified atom stereocenters. The van der Waals surface area contributed by atoms with Crippen LogP contribution in [0.3, 0.4) is 0 Å². The van der Waals surface area contributed by atoms with E-state index in [1.54, 1.807) is 30.8 Å². The van der Waals surface area contributed by atoms with Gasteiger partial charge in [0.15, 0.2) is 0 Å². The van der Waals surface area contributed by atoms with Gasteiger partial charge in [-0.15, -0.1) is 0 Å². The first-order valence-corrected chi connectivity index (χ1v) is 18.7. The predicted octanol–water partition coefficient (Wildman–Crippen LogP) is 3.88. The Labute approximate surface area is 319 Å². The van der Waals surface area contributed by atoms with E-state index in [0.29, 0.717) is 25.9 Å². The molecule has 1 aromatic carbocycles. The number of carbonyl (C=O) groups excluding carboxylic acids is 5. The molecule has 1 aromatic rings. The van der Waals surface area contributed by atoms with E-state index < -0.39 is 18.1 Å². The van der Waals surface area contributed by atoms with E-state index in [0.717, 1.165) is 12.8 Å². The van der Waals surface area contributed by atoms with Gasteiger partial charge in [-0.3, -0.25) is 19.2 Å². The van der Waals surface area contributed by atoms with Crippen LogP contribution in [0.1, 0.15) is 79.2 Å². The number of benzene rings is 1. The van der Waals surface area contributed by atoms with Gasteiger partial charge in [0, 0.05) is 47.9 Å². The van der Waals surface area contributed by atoms with Crippen molar-refractivity contribution in [1.82, 2.24) is 25.3 Å². The first-order valence-electron chi connectivity index (χ1n) is 18.7. The number of ether oxygens (including phenoxy) is 3. The number of rotatable bonds is 17. The van der Waals surface area contributed by atoms with Crippen LogP contribution in [0.5, 0.6) is 0 Å². The second-order valence-electron chi connectivity index (χ2n) is 13.0. The zero-order valence-electron chi connectivity index (χ0n) is 34.6. The smallest absolute Gasteiger partial charge is 0.409 e. The van der Waals surface area contributed by atoms with Gasteiger partial charge < -0.3 is 44.7 Å². The Morgan fingerprint density at radius 1 is 1.02 bits per heavy atom. The van der Waals surface area contributed by atoms with Crippen LogP contribution in [-0.4, -0.2) is 143 Å². The zero-order valence-corrected chi connectivity index (χ0v) is 34.6. The number of aryl methyl sites for hydroxylation is 1. The van der Waals surface area contributed by atoms with Crippen LogP contribution in [0.2, 0.25) is 0 Å². The summed E-state index contributed by atoms with van der Waals surface area (Å²) in [7, 11) is 7.78. The molecule has 0 aliphatic carbocycles. The fraction of sp³-hybridized carbons (Fsp3) is 0.718. The highest BCUT2D eigenvalue weighted by Gasteiger charge is 2.41. The molecule has 2 rings (SSSR count). The third-order valence-corrected chi connectivity index (χ3v) is 8.95. The first kappa shape index (κ1) is 51.4. The summed E-state index contributed by atoms with van der Waals surface area (Å²) < 4.78 is 15.8. The maximum atomic E-state index is 13.5. The number of carbonyl (C=O) groups is 5. The van der Waals surface area contributed by atoms with Crippen molar-refractivity contribution in [2.45, 2.75) is 105 Å². The minimum atomic E-state index is -0.546. The van der Waals surface area contributed by atoms with Crippen LogP contribution in [0.15, 0.2) is 30.3 Å². The molecule has 0 radical (unpaired) electrons. The van der Waals surface area contributed by atoms with Crippen molar-refractivity contribution >= 4 is 30.2 Å². The summed E-state index contributed by atoms with van der Waals surface area (Å²) in [6.07, 6.45) is 2.76. The van der Waals surface area contributed by atoms with Crippen molar-refractivity contribution in [3.05, 3.63) is 35.9 Å². The summed E-state index contributed by atoms with van der Waals surface area (Å²) in [5.41, 5.74) is 1.32. The van der Waals surface area contributed by atoms with Crippen LogP contribution < -0.4 is 10.6 Å². The van der Waals surface area contributed by atoms with Crippen LogP contribution >= 0.6 is 0 Å². The van der Waals surface area contributed by atoms with Crippen LogP contribution in [0.4, 0.5) is 4.79 Å². The largest absolute Gasteiger partial charge is 0.453 e. The predicted molar refractivity (Wildman–Crippen MR) is 208 cm³/mol. The lowest BCUT2D eigenvalue weighted by Crippen LogP contribution is -2.54. The Hall–Kier alpha value is -3.75. The summed E-state index contributed by atoms with van der Waals surface area (Å²) in [5, 5.41) is 14.1. The standard InChI is InChI=1S/C24H44N4O7.C7H8.C5H11NO2.C3H8/c1-7-16(2)22(27(4)21(32)14-25-15-30)19(34-5)13-20(31)28-11-8-9-18(28)23(35-6)17(3)24(33)26-10-12-29;1-7-5-3-2-4-6-7;1-4-6(2)5(7)8-3;1-3-2/h15-19,22-23,29H,7-14H2,1-6H3,(H,25,30)(H,26,33);2-6H,1H3;4H2,1-3H3;3H2,1-2H3. The number of likely N-dealkylation sites (N-methyl/N-ethyl adjacent to an activating group) is 1. The molecular weight excluding hydrogens is 682 g/mol. The molecule has 1 heterocycles. The Kier molecular flexibility index (Phi) is 29.7. The fourth-order valence-corrected chi connectivity index (χ4v) is 5.74. The van der Waals surface area contributed by atoms with Gasteiger partial charge >= 0.3 is 6.09 Å². The molecular formula is C39H71N5O9. The lowest BCUT2D eigenvalue weighted by atomic mass is 9.90. The Morgan fingerprint density at radius 2 is 1.62 bits per heavy atom. The highest BCUT2D eigenvalue weighted by atomic mass is 16.5. The van der Waals surface area contributed by atoms with Gasteiger partial charge in [-0.25, -0.2) is 4.79 Å². The summed E-state index contributed by atoms with van der Waals surface area (Å²) in [5.74, 6) is -1.08.